The predicted molar refractivity (Wildman–Crippen MR) is 130 cm³/mol. The molecule has 2 aromatic rings. The summed E-state index contributed by atoms with van der Waals surface area (Å²) in [5.41, 5.74) is 1.69. The van der Waals surface area contributed by atoms with E-state index in [2.05, 4.69) is 5.32 Å². The van der Waals surface area contributed by atoms with Gasteiger partial charge in [0.1, 0.15) is 34.2 Å². The second-order valence-corrected chi connectivity index (χ2v) is 8.62. The Kier molecular flexibility index (Phi) is 10.1. The van der Waals surface area contributed by atoms with Crippen molar-refractivity contribution in [2.45, 2.75) is 19.1 Å². The SMILES string of the molecule is COc1cc(OC)c(/C=C/[S+]([O-])Cc2ccc(OC)c(NC(=O)C(C)CC(=O)O)c2)c(OC)c1. The molecule has 2 N–H and O–H groups in total. The van der Waals surface area contributed by atoms with Crippen LogP contribution in [0.25, 0.3) is 6.08 Å². The molecule has 0 saturated carbocycles. The molecule has 0 saturated heterocycles. The Balaban J connectivity index is 2.20. The highest BCUT2D eigenvalue weighted by Crippen LogP contribution is 2.35. The quantitative estimate of drug-likeness (QED) is 0.431. The number of benzene rings is 2. The third kappa shape index (κ3) is 7.32. The van der Waals surface area contributed by atoms with Crippen LogP contribution in [0, 0.1) is 5.92 Å². The lowest BCUT2D eigenvalue weighted by molar-refractivity contribution is -0.139. The number of rotatable bonds is 12. The van der Waals surface area contributed by atoms with Gasteiger partial charge in [0.05, 0.1) is 46.1 Å². The molecule has 2 rings (SSSR count). The van der Waals surface area contributed by atoms with Crippen molar-refractivity contribution in [1.29, 1.82) is 0 Å². The molecule has 0 spiro atoms. The largest absolute Gasteiger partial charge is 0.612 e. The smallest absolute Gasteiger partial charge is 0.304 e. The maximum atomic E-state index is 12.8. The number of carbonyl (C=O) groups excluding carboxylic acids is 1. The molecule has 2 unspecified atom stereocenters. The molecule has 2 aromatic carbocycles. The minimum atomic E-state index is -1.40. The number of carboxylic acid groups (broad SMARTS) is 1. The third-order valence-corrected chi connectivity index (χ3v) is 5.96. The number of nitrogens with one attached hydrogen (secondary N) is 1. The van der Waals surface area contributed by atoms with Gasteiger partial charge in [-0.15, -0.1) is 0 Å². The van der Waals surface area contributed by atoms with Gasteiger partial charge in [-0.05, 0) is 23.3 Å². The highest BCUT2D eigenvalue weighted by atomic mass is 32.2. The van der Waals surface area contributed by atoms with E-state index in [9.17, 15) is 14.1 Å². The zero-order valence-corrected chi connectivity index (χ0v) is 20.6. The molecular weight excluding hydrogens is 462 g/mol. The molecule has 0 aliphatic heterocycles. The van der Waals surface area contributed by atoms with Gasteiger partial charge in [-0.2, -0.15) is 0 Å². The molecule has 1 amide bonds. The van der Waals surface area contributed by atoms with Gasteiger partial charge in [0.25, 0.3) is 0 Å². The van der Waals surface area contributed by atoms with Crippen LogP contribution in [-0.4, -0.2) is 50.0 Å². The summed E-state index contributed by atoms with van der Waals surface area (Å²) in [4.78, 5) is 23.2. The zero-order chi connectivity index (χ0) is 25.3. The average Bonchev–Trinajstić information content (AvgIpc) is 2.81. The first kappa shape index (κ1) is 26.9. The number of hydrogen-bond donors (Lipinski definition) is 2. The van der Waals surface area contributed by atoms with Crippen molar-refractivity contribution in [3.05, 3.63) is 46.9 Å². The van der Waals surface area contributed by atoms with E-state index in [1.807, 2.05) is 0 Å². The van der Waals surface area contributed by atoms with Crippen LogP contribution in [0.5, 0.6) is 23.0 Å². The van der Waals surface area contributed by atoms with Crippen molar-refractivity contribution >= 4 is 34.8 Å². The van der Waals surface area contributed by atoms with Crippen LogP contribution in [0.4, 0.5) is 5.69 Å². The summed E-state index contributed by atoms with van der Waals surface area (Å²) >= 11 is -1.40. The van der Waals surface area contributed by atoms with Crippen molar-refractivity contribution in [3.8, 4) is 23.0 Å². The van der Waals surface area contributed by atoms with Gasteiger partial charge in [-0.3, -0.25) is 9.59 Å². The first-order valence-corrected chi connectivity index (χ1v) is 11.7. The summed E-state index contributed by atoms with van der Waals surface area (Å²) in [5, 5.41) is 13.1. The Morgan fingerprint density at radius 1 is 1.03 bits per heavy atom. The number of methoxy groups -OCH3 is 4. The summed E-state index contributed by atoms with van der Waals surface area (Å²) < 4.78 is 34.1. The summed E-state index contributed by atoms with van der Waals surface area (Å²) in [5.74, 6) is -0.0602. The Morgan fingerprint density at radius 2 is 1.65 bits per heavy atom. The highest BCUT2D eigenvalue weighted by molar-refractivity contribution is 7.93. The normalized spacial score (nSPS) is 12.6. The van der Waals surface area contributed by atoms with Crippen molar-refractivity contribution in [2.24, 2.45) is 5.92 Å². The van der Waals surface area contributed by atoms with E-state index < -0.39 is 29.0 Å². The lowest BCUT2D eigenvalue weighted by Gasteiger charge is -2.15. The maximum absolute atomic E-state index is 12.8. The van der Waals surface area contributed by atoms with E-state index in [-0.39, 0.29) is 12.2 Å². The Bertz CT molecular complexity index is 1010. The molecule has 0 bridgehead atoms. The lowest BCUT2D eigenvalue weighted by atomic mass is 10.1. The number of ether oxygens (including phenoxy) is 4. The van der Waals surface area contributed by atoms with Gasteiger partial charge >= 0.3 is 5.97 Å². The van der Waals surface area contributed by atoms with E-state index in [1.165, 1.54) is 40.8 Å². The van der Waals surface area contributed by atoms with Crippen molar-refractivity contribution in [3.63, 3.8) is 0 Å². The Labute approximate surface area is 201 Å². The number of carbonyl (C=O) groups is 2. The van der Waals surface area contributed by atoms with Crippen LogP contribution in [-0.2, 0) is 26.5 Å². The minimum absolute atomic E-state index is 0.175. The lowest BCUT2D eigenvalue weighted by Crippen LogP contribution is -2.23. The van der Waals surface area contributed by atoms with Gasteiger partial charge in [-0.1, -0.05) is 13.0 Å². The summed E-state index contributed by atoms with van der Waals surface area (Å²) in [6.07, 6.45) is 1.37. The standard InChI is InChI=1S/C24H29NO8S/c1-15(10-23(26)27)24(28)25-19-11-16(6-7-20(19)31-3)14-34(29)9-8-18-21(32-4)12-17(30-2)13-22(18)33-5/h6-9,11-13,15H,10,14H2,1-5H3,(H,25,28)(H,26,27)/b9-8+. The van der Waals surface area contributed by atoms with E-state index in [0.717, 1.165) is 0 Å². The first-order chi connectivity index (χ1) is 16.2. The fourth-order valence-electron chi connectivity index (χ4n) is 3.11. The number of anilines is 1. The van der Waals surface area contributed by atoms with Crippen LogP contribution in [0.2, 0.25) is 0 Å². The Hall–Kier alpha value is -3.37. The van der Waals surface area contributed by atoms with Gasteiger partial charge in [0.2, 0.25) is 5.91 Å². The number of amides is 1. The van der Waals surface area contributed by atoms with Gasteiger partial charge in [0.15, 0.2) is 0 Å². The predicted octanol–water partition coefficient (Wildman–Crippen LogP) is 3.69. The second kappa shape index (κ2) is 12.8. The van der Waals surface area contributed by atoms with Crippen molar-refractivity contribution in [1.82, 2.24) is 0 Å². The first-order valence-electron chi connectivity index (χ1n) is 10.3. The minimum Gasteiger partial charge on any atom is -0.612 e. The average molecular weight is 492 g/mol. The molecule has 0 heterocycles. The zero-order valence-electron chi connectivity index (χ0n) is 19.7. The summed E-state index contributed by atoms with van der Waals surface area (Å²) in [6, 6.07) is 8.47. The molecular formula is C24H29NO8S. The molecule has 10 heteroatoms. The molecule has 184 valence electrons. The van der Waals surface area contributed by atoms with Crippen molar-refractivity contribution in [2.75, 3.05) is 33.8 Å². The monoisotopic (exact) mass is 491 g/mol. The summed E-state index contributed by atoms with van der Waals surface area (Å²) in [7, 11) is 6.04. The van der Waals surface area contributed by atoms with E-state index in [1.54, 1.807) is 36.4 Å². The van der Waals surface area contributed by atoms with Crippen molar-refractivity contribution < 1.29 is 38.2 Å². The molecule has 2 atom stereocenters. The van der Waals surface area contributed by atoms with Gasteiger partial charge in [-0.25, -0.2) is 0 Å². The van der Waals surface area contributed by atoms with Crippen LogP contribution in [0.1, 0.15) is 24.5 Å². The number of hydrogen-bond acceptors (Lipinski definition) is 7. The van der Waals surface area contributed by atoms with E-state index in [4.69, 9.17) is 24.1 Å². The van der Waals surface area contributed by atoms with Crippen LogP contribution >= 0.6 is 0 Å². The van der Waals surface area contributed by atoms with Gasteiger partial charge < -0.3 is 33.9 Å². The maximum Gasteiger partial charge on any atom is 0.304 e. The van der Waals surface area contributed by atoms with Crippen LogP contribution in [0.15, 0.2) is 35.7 Å². The molecule has 34 heavy (non-hydrogen) atoms. The highest BCUT2D eigenvalue weighted by Gasteiger charge is 2.19. The molecule has 0 fully saturated rings. The number of carboxylic acids is 1. The molecule has 9 nitrogen and oxygen atoms in total. The van der Waals surface area contributed by atoms with E-state index in [0.29, 0.717) is 39.8 Å². The van der Waals surface area contributed by atoms with Gasteiger partial charge in [0, 0.05) is 29.7 Å². The van der Waals surface area contributed by atoms with Crippen LogP contribution in [0.3, 0.4) is 0 Å². The third-order valence-electron chi connectivity index (χ3n) is 4.90. The summed E-state index contributed by atoms with van der Waals surface area (Å²) in [6.45, 7) is 1.53. The molecule has 0 aromatic heterocycles. The molecule has 0 aliphatic rings. The molecule has 0 radical (unpaired) electrons. The molecule has 0 aliphatic carbocycles. The Morgan fingerprint density at radius 3 is 2.18 bits per heavy atom. The topological polar surface area (TPSA) is 126 Å². The second-order valence-electron chi connectivity index (χ2n) is 7.30. The number of aliphatic carboxylic acids is 1. The van der Waals surface area contributed by atoms with E-state index >= 15 is 0 Å². The van der Waals surface area contributed by atoms with Crippen LogP contribution < -0.4 is 24.3 Å². The fraction of sp³-hybridized carbons (Fsp3) is 0.333. The fourth-order valence-corrected chi connectivity index (χ4v) is 4.00.